The molecule has 0 atom stereocenters. The molecule has 3 aromatic carbocycles. The number of carbonyl (C=O) groups is 2. The van der Waals surface area contributed by atoms with Crippen LogP contribution in [0.4, 0.5) is 4.79 Å². The first-order valence-corrected chi connectivity index (χ1v) is 11.4. The van der Waals surface area contributed by atoms with E-state index in [1.54, 1.807) is 18.2 Å². The third-order valence-electron chi connectivity index (χ3n) is 5.12. The Morgan fingerprint density at radius 2 is 1.88 bits per heavy atom. The number of fused-ring (bicyclic) bond motifs is 1. The van der Waals surface area contributed by atoms with Crippen LogP contribution < -0.4 is 9.47 Å². The Balaban J connectivity index is 1.59. The van der Waals surface area contributed by atoms with Crippen LogP contribution >= 0.6 is 23.4 Å². The molecule has 3 aromatic rings. The van der Waals surface area contributed by atoms with Crippen LogP contribution in [0.25, 0.3) is 16.8 Å². The first-order valence-electron chi connectivity index (χ1n) is 10.2. The minimum atomic E-state index is -0.284. The number of rotatable bonds is 7. The van der Waals surface area contributed by atoms with Gasteiger partial charge in [-0.2, -0.15) is 0 Å². The summed E-state index contributed by atoms with van der Waals surface area (Å²) in [6, 6.07) is 17.6. The molecular formula is C25H22ClNO4S. The zero-order chi connectivity index (χ0) is 22.7. The molecule has 0 bridgehead atoms. The molecule has 1 saturated heterocycles. The SMILES string of the molecule is CCCN1C(=O)S/C(=C/c2cc(Cl)c(OCc3cccc4ccccc34)c(OC)c2)C1=O. The van der Waals surface area contributed by atoms with Crippen LogP contribution in [0, 0.1) is 0 Å². The summed E-state index contributed by atoms with van der Waals surface area (Å²) in [5, 5.41) is 2.36. The van der Waals surface area contributed by atoms with Crippen molar-refractivity contribution in [1.82, 2.24) is 4.90 Å². The van der Waals surface area contributed by atoms with E-state index in [1.165, 1.54) is 12.0 Å². The Bertz CT molecular complexity index is 1220. The molecule has 0 aromatic heterocycles. The lowest BCUT2D eigenvalue weighted by Crippen LogP contribution is -2.28. The van der Waals surface area contributed by atoms with E-state index in [-0.39, 0.29) is 11.1 Å². The lowest BCUT2D eigenvalue weighted by molar-refractivity contribution is -0.122. The highest BCUT2D eigenvalue weighted by Crippen LogP contribution is 2.39. The summed E-state index contributed by atoms with van der Waals surface area (Å²) in [5.41, 5.74) is 1.70. The van der Waals surface area contributed by atoms with Gasteiger partial charge in [-0.3, -0.25) is 14.5 Å². The maximum Gasteiger partial charge on any atom is 0.293 e. The van der Waals surface area contributed by atoms with Gasteiger partial charge < -0.3 is 9.47 Å². The van der Waals surface area contributed by atoms with Crippen LogP contribution in [0.15, 0.2) is 59.5 Å². The van der Waals surface area contributed by atoms with Crippen LogP contribution in [0.3, 0.4) is 0 Å². The second-order valence-electron chi connectivity index (χ2n) is 7.29. The average Bonchev–Trinajstić information content (AvgIpc) is 3.05. The van der Waals surface area contributed by atoms with Gasteiger partial charge in [-0.25, -0.2) is 0 Å². The predicted octanol–water partition coefficient (Wildman–Crippen LogP) is 6.53. The summed E-state index contributed by atoms with van der Waals surface area (Å²) in [5.74, 6) is 0.600. The Morgan fingerprint density at radius 3 is 2.66 bits per heavy atom. The molecule has 1 heterocycles. The van der Waals surface area contributed by atoms with Crippen molar-refractivity contribution in [2.75, 3.05) is 13.7 Å². The van der Waals surface area contributed by atoms with E-state index in [1.807, 2.05) is 31.2 Å². The molecule has 1 fully saturated rings. The maximum absolute atomic E-state index is 12.5. The van der Waals surface area contributed by atoms with Gasteiger partial charge in [0, 0.05) is 6.54 Å². The third kappa shape index (κ3) is 4.47. The van der Waals surface area contributed by atoms with Gasteiger partial charge >= 0.3 is 0 Å². The van der Waals surface area contributed by atoms with E-state index in [4.69, 9.17) is 21.1 Å². The van der Waals surface area contributed by atoms with Crippen LogP contribution in [0.2, 0.25) is 5.02 Å². The van der Waals surface area contributed by atoms with Crippen molar-refractivity contribution in [1.29, 1.82) is 0 Å². The van der Waals surface area contributed by atoms with Gasteiger partial charge in [0.2, 0.25) is 0 Å². The number of thioether (sulfide) groups is 1. The van der Waals surface area contributed by atoms with Gasteiger partial charge in [-0.1, -0.05) is 61.0 Å². The minimum Gasteiger partial charge on any atom is -0.493 e. The van der Waals surface area contributed by atoms with Gasteiger partial charge in [0.15, 0.2) is 11.5 Å². The van der Waals surface area contributed by atoms with Crippen LogP contribution in [-0.4, -0.2) is 29.7 Å². The van der Waals surface area contributed by atoms with E-state index in [0.717, 1.165) is 28.1 Å². The summed E-state index contributed by atoms with van der Waals surface area (Å²) in [6.45, 7) is 2.66. The number of benzene rings is 3. The fourth-order valence-corrected chi connectivity index (χ4v) is 4.74. The van der Waals surface area contributed by atoms with E-state index in [2.05, 4.69) is 18.2 Å². The Labute approximate surface area is 195 Å². The number of nitrogens with zero attached hydrogens (tertiary/aromatic N) is 1. The van der Waals surface area contributed by atoms with Gasteiger partial charge in [-0.05, 0) is 58.3 Å². The smallest absolute Gasteiger partial charge is 0.293 e. The van der Waals surface area contributed by atoms with Crippen molar-refractivity contribution in [2.24, 2.45) is 0 Å². The predicted molar refractivity (Wildman–Crippen MR) is 129 cm³/mol. The van der Waals surface area contributed by atoms with E-state index in [0.29, 0.717) is 46.6 Å². The first-order chi connectivity index (χ1) is 15.5. The molecule has 0 unspecified atom stereocenters. The van der Waals surface area contributed by atoms with E-state index >= 15 is 0 Å². The standard InChI is InChI=1S/C25H22ClNO4S/c1-3-11-27-24(28)22(32-25(27)29)14-16-12-20(26)23(21(13-16)30-2)31-15-18-9-6-8-17-7-4-5-10-19(17)18/h4-10,12-14H,3,11,15H2,1-2H3/b22-14+. The third-order valence-corrected chi connectivity index (χ3v) is 6.31. The first kappa shape index (κ1) is 22.2. The van der Waals surface area contributed by atoms with Crippen molar-refractivity contribution in [3.8, 4) is 11.5 Å². The van der Waals surface area contributed by atoms with Gasteiger partial charge in [0.1, 0.15) is 6.61 Å². The number of hydrogen-bond acceptors (Lipinski definition) is 5. The topological polar surface area (TPSA) is 55.8 Å². The van der Waals surface area contributed by atoms with Crippen LogP contribution in [0.5, 0.6) is 11.5 Å². The number of carbonyl (C=O) groups excluding carboxylic acids is 2. The molecule has 4 rings (SSSR count). The fraction of sp³-hybridized carbons (Fsp3) is 0.200. The molecule has 32 heavy (non-hydrogen) atoms. The van der Waals surface area contributed by atoms with Gasteiger partial charge in [0.25, 0.3) is 11.1 Å². The van der Waals surface area contributed by atoms with Crippen molar-refractivity contribution < 1.29 is 19.1 Å². The van der Waals surface area contributed by atoms with E-state index in [9.17, 15) is 9.59 Å². The molecule has 0 N–H and O–H groups in total. The molecular weight excluding hydrogens is 446 g/mol. The summed E-state index contributed by atoms with van der Waals surface area (Å²) >= 11 is 7.46. The molecule has 7 heteroatoms. The summed E-state index contributed by atoms with van der Waals surface area (Å²) < 4.78 is 11.6. The van der Waals surface area contributed by atoms with Crippen molar-refractivity contribution in [2.45, 2.75) is 20.0 Å². The summed E-state index contributed by atoms with van der Waals surface area (Å²) in [6.07, 6.45) is 2.37. The molecule has 5 nitrogen and oxygen atoms in total. The average molecular weight is 468 g/mol. The Kier molecular flexibility index (Phi) is 6.72. The minimum absolute atomic E-state index is 0.254. The van der Waals surface area contributed by atoms with Crippen LogP contribution in [-0.2, 0) is 11.4 Å². The van der Waals surface area contributed by atoms with Gasteiger partial charge in [-0.15, -0.1) is 0 Å². The number of methoxy groups -OCH3 is 1. The molecule has 164 valence electrons. The number of hydrogen-bond donors (Lipinski definition) is 0. The summed E-state index contributed by atoms with van der Waals surface area (Å²) in [4.78, 5) is 26.2. The lowest BCUT2D eigenvalue weighted by Gasteiger charge is -2.14. The largest absolute Gasteiger partial charge is 0.493 e. The normalized spacial score (nSPS) is 15.1. The number of ether oxygens (including phenoxy) is 2. The number of halogens is 1. The number of imide groups is 1. The lowest BCUT2D eigenvalue weighted by atomic mass is 10.1. The molecule has 0 spiro atoms. The monoisotopic (exact) mass is 467 g/mol. The molecule has 0 aliphatic carbocycles. The van der Waals surface area contributed by atoms with Crippen molar-refractivity contribution in [3.05, 3.63) is 75.7 Å². The second kappa shape index (κ2) is 9.67. The van der Waals surface area contributed by atoms with E-state index < -0.39 is 0 Å². The highest BCUT2D eigenvalue weighted by atomic mass is 35.5. The molecule has 2 amide bonds. The van der Waals surface area contributed by atoms with Crippen LogP contribution in [0.1, 0.15) is 24.5 Å². The Morgan fingerprint density at radius 1 is 1.09 bits per heavy atom. The molecule has 0 saturated carbocycles. The second-order valence-corrected chi connectivity index (χ2v) is 8.69. The molecule has 1 aliphatic heterocycles. The zero-order valence-electron chi connectivity index (χ0n) is 17.8. The quantitative estimate of drug-likeness (QED) is 0.370. The van der Waals surface area contributed by atoms with Crippen molar-refractivity contribution >= 4 is 51.4 Å². The van der Waals surface area contributed by atoms with Crippen molar-refractivity contribution in [3.63, 3.8) is 0 Å². The highest BCUT2D eigenvalue weighted by Gasteiger charge is 2.34. The fourth-order valence-electron chi connectivity index (χ4n) is 3.60. The summed E-state index contributed by atoms with van der Waals surface area (Å²) in [7, 11) is 1.54. The highest BCUT2D eigenvalue weighted by molar-refractivity contribution is 8.18. The zero-order valence-corrected chi connectivity index (χ0v) is 19.3. The molecule has 0 radical (unpaired) electrons. The maximum atomic E-state index is 12.5. The number of amides is 2. The van der Waals surface area contributed by atoms with Gasteiger partial charge in [0.05, 0.1) is 17.0 Å². The Hall–Kier alpha value is -2.96. The molecule has 1 aliphatic rings.